The van der Waals surface area contributed by atoms with Crippen molar-refractivity contribution in [3.8, 4) is 11.3 Å². The van der Waals surface area contributed by atoms with E-state index in [0.29, 0.717) is 18.3 Å². The molecule has 2 heterocycles. The van der Waals surface area contributed by atoms with E-state index < -0.39 is 29.4 Å². The van der Waals surface area contributed by atoms with Crippen molar-refractivity contribution in [2.24, 2.45) is 0 Å². The van der Waals surface area contributed by atoms with Gasteiger partial charge in [0.2, 0.25) is 0 Å². The molecule has 1 aromatic carbocycles. The zero-order valence-electron chi connectivity index (χ0n) is 13.5. The zero-order chi connectivity index (χ0) is 20.7. The maximum absolute atomic E-state index is 12.8. The molecule has 146 valence electrons. The van der Waals surface area contributed by atoms with Crippen molar-refractivity contribution in [2.75, 3.05) is 0 Å². The Balaban J connectivity index is 1.92. The van der Waals surface area contributed by atoms with Gasteiger partial charge < -0.3 is 0 Å². The van der Waals surface area contributed by atoms with Gasteiger partial charge in [0.15, 0.2) is 0 Å². The summed E-state index contributed by atoms with van der Waals surface area (Å²) in [6, 6.07) is 4.43. The van der Waals surface area contributed by atoms with E-state index in [1.54, 1.807) is 0 Å². The van der Waals surface area contributed by atoms with E-state index >= 15 is 0 Å². The third-order valence-electron chi connectivity index (χ3n) is 3.67. The minimum Gasteiger partial charge on any atom is -0.267 e. The number of hydrogen-bond donors (Lipinski definition) is 0. The number of carbonyl (C=O) groups is 1. The monoisotopic (exact) mass is 419 g/mol. The fourth-order valence-corrected chi connectivity index (χ4v) is 2.60. The fourth-order valence-electron chi connectivity index (χ4n) is 2.32. The fraction of sp³-hybridized carbons (Fsp3) is 0.118. The smallest absolute Gasteiger partial charge is 0.267 e. The average Bonchev–Trinajstić information content (AvgIpc) is 3.09. The van der Waals surface area contributed by atoms with Gasteiger partial charge >= 0.3 is 12.4 Å². The predicted molar refractivity (Wildman–Crippen MR) is 86.6 cm³/mol. The molecule has 3 rings (SSSR count). The Kier molecular flexibility index (Phi) is 4.92. The number of halogens is 7. The molecule has 28 heavy (non-hydrogen) atoms. The highest BCUT2D eigenvalue weighted by atomic mass is 35.5. The number of carbonyl (C=O) groups excluding carboxylic acids is 1. The van der Waals surface area contributed by atoms with E-state index in [4.69, 9.17) is 11.6 Å². The van der Waals surface area contributed by atoms with Crippen LogP contribution in [0.25, 0.3) is 11.3 Å². The molecule has 2 aromatic heterocycles. The molecule has 3 aromatic rings. The minimum absolute atomic E-state index is 0.0576. The van der Waals surface area contributed by atoms with Crippen LogP contribution in [0.15, 0.2) is 48.9 Å². The van der Waals surface area contributed by atoms with Crippen molar-refractivity contribution >= 4 is 17.5 Å². The number of aromatic nitrogens is 3. The number of hydrogen-bond acceptors (Lipinski definition) is 3. The predicted octanol–water partition coefficient (Wildman–Crippen LogP) is 5.32. The average molecular weight is 420 g/mol. The molecule has 0 bridgehead atoms. The van der Waals surface area contributed by atoms with Gasteiger partial charge in [-0.3, -0.25) is 9.78 Å². The largest absolute Gasteiger partial charge is 0.417 e. The molecule has 0 amide bonds. The molecule has 0 unspecified atom stereocenters. The molecule has 11 heteroatoms. The molecule has 0 aliphatic heterocycles. The molecule has 0 radical (unpaired) electrons. The third kappa shape index (κ3) is 4.01. The second kappa shape index (κ2) is 6.93. The summed E-state index contributed by atoms with van der Waals surface area (Å²) in [7, 11) is 0. The Morgan fingerprint density at radius 1 is 0.964 bits per heavy atom. The first-order valence-electron chi connectivity index (χ1n) is 7.46. The third-order valence-corrected chi connectivity index (χ3v) is 3.96. The molecular formula is C17H8ClF6N3O. The zero-order valence-corrected chi connectivity index (χ0v) is 14.3. The van der Waals surface area contributed by atoms with Crippen molar-refractivity contribution in [1.29, 1.82) is 0 Å². The lowest BCUT2D eigenvalue weighted by atomic mass is 10.1. The van der Waals surface area contributed by atoms with Crippen molar-refractivity contribution < 1.29 is 31.1 Å². The number of pyridine rings is 1. The first-order valence-corrected chi connectivity index (χ1v) is 7.84. The molecule has 0 spiro atoms. The van der Waals surface area contributed by atoms with Crippen molar-refractivity contribution in [2.45, 2.75) is 12.4 Å². The van der Waals surface area contributed by atoms with Gasteiger partial charge in [-0.05, 0) is 24.3 Å². The summed E-state index contributed by atoms with van der Waals surface area (Å²) in [6.45, 7) is 0. The first kappa shape index (κ1) is 19.9. The van der Waals surface area contributed by atoms with E-state index in [2.05, 4.69) is 10.1 Å². The van der Waals surface area contributed by atoms with Crippen LogP contribution < -0.4 is 0 Å². The number of rotatable bonds is 2. The number of nitrogens with zero attached hydrogens (tertiary/aromatic N) is 3. The Hall–Kier alpha value is -2.88. The Bertz CT molecular complexity index is 1040. The lowest BCUT2D eigenvalue weighted by Gasteiger charge is -2.08. The van der Waals surface area contributed by atoms with E-state index in [1.807, 2.05) is 0 Å². The Labute approximate surface area is 158 Å². The van der Waals surface area contributed by atoms with Crippen LogP contribution in [0, 0.1) is 0 Å². The molecule has 0 aliphatic carbocycles. The van der Waals surface area contributed by atoms with Crippen LogP contribution in [0.3, 0.4) is 0 Å². The van der Waals surface area contributed by atoms with Crippen LogP contribution in [-0.2, 0) is 12.4 Å². The van der Waals surface area contributed by atoms with Crippen molar-refractivity contribution in [1.82, 2.24) is 14.8 Å². The highest BCUT2D eigenvalue weighted by Crippen LogP contribution is 2.34. The summed E-state index contributed by atoms with van der Waals surface area (Å²) in [6.07, 6.45) is -6.44. The van der Waals surface area contributed by atoms with E-state index in [-0.39, 0.29) is 21.8 Å². The molecule has 4 nitrogen and oxygen atoms in total. The highest BCUT2D eigenvalue weighted by molar-refractivity contribution is 6.33. The molecule has 0 fully saturated rings. The van der Waals surface area contributed by atoms with Gasteiger partial charge in [-0.2, -0.15) is 31.4 Å². The standard InChI is InChI=1S/C17H8ClF6N3O/c18-13-5-12(17(22,23)24)7-25-14(13)10-6-26-27(8-10)15(28)9-2-1-3-11(4-9)16(19,20)21/h1-8H. The topological polar surface area (TPSA) is 47.8 Å². The molecule has 0 N–H and O–H groups in total. The van der Waals surface area contributed by atoms with Crippen LogP contribution >= 0.6 is 11.6 Å². The summed E-state index contributed by atoms with van der Waals surface area (Å²) in [5, 5.41) is 3.42. The second-order valence-corrected chi connectivity index (χ2v) is 6.02. The Morgan fingerprint density at radius 2 is 1.64 bits per heavy atom. The molecule has 0 aliphatic rings. The van der Waals surface area contributed by atoms with Crippen molar-refractivity contribution in [3.05, 3.63) is 70.6 Å². The summed E-state index contributed by atoms with van der Waals surface area (Å²) in [4.78, 5) is 16.0. The van der Waals surface area contributed by atoms with Gasteiger partial charge in [-0.1, -0.05) is 17.7 Å². The van der Waals surface area contributed by atoms with Gasteiger partial charge in [0.25, 0.3) is 5.91 Å². The quantitative estimate of drug-likeness (QED) is 0.528. The van der Waals surface area contributed by atoms with Crippen LogP contribution in [0.4, 0.5) is 26.3 Å². The second-order valence-electron chi connectivity index (χ2n) is 5.61. The normalized spacial score (nSPS) is 12.2. The van der Waals surface area contributed by atoms with Gasteiger partial charge in [0.1, 0.15) is 0 Å². The van der Waals surface area contributed by atoms with Crippen LogP contribution in [0.2, 0.25) is 5.02 Å². The SMILES string of the molecule is O=C(c1cccc(C(F)(F)F)c1)n1cc(-c2ncc(C(F)(F)F)cc2Cl)cn1. The highest BCUT2D eigenvalue weighted by Gasteiger charge is 2.32. The van der Waals surface area contributed by atoms with Crippen molar-refractivity contribution in [3.63, 3.8) is 0 Å². The molecule has 0 atom stereocenters. The van der Waals surface area contributed by atoms with E-state index in [1.165, 1.54) is 6.07 Å². The summed E-state index contributed by atoms with van der Waals surface area (Å²) in [5.74, 6) is -0.861. The molecule has 0 saturated heterocycles. The van der Waals surface area contributed by atoms with Gasteiger partial charge in [-0.25, -0.2) is 4.68 Å². The molecule has 0 saturated carbocycles. The lowest BCUT2D eigenvalue weighted by molar-refractivity contribution is -0.138. The number of alkyl halides is 6. The lowest BCUT2D eigenvalue weighted by Crippen LogP contribution is -2.14. The summed E-state index contributed by atoms with van der Waals surface area (Å²) >= 11 is 5.84. The Morgan fingerprint density at radius 3 is 2.25 bits per heavy atom. The summed E-state index contributed by atoms with van der Waals surface area (Å²) in [5.41, 5.74) is -2.25. The first-order chi connectivity index (χ1) is 13.0. The maximum atomic E-state index is 12.8. The van der Waals surface area contributed by atoms with E-state index in [0.717, 1.165) is 29.2 Å². The maximum Gasteiger partial charge on any atom is 0.417 e. The van der Waals surface area contributed by atoms with Crippen LogP contribution in [0.5, 0.6) is 0 Å². The van der Waals surface area contributed by atoms with Crippen LogP contribution in [-0.4, -0.2) is 20.7 Å². The van der Waals surface area contributed by atoms with Gasteiger partial charge in [0.05, 0.1) is 28.0 Å². The minimum atomic E-state index is -4.63. The van der Waals surface area contributed by atoms with E-state index in [9.17, 15) is 31.1 Å². The molecular weight excluding hydrogens is 412 g/mol. The van der Waals surface area contributed by atoms with Gasteiger partial charge in [-0.15, -0.1) is 0 Å². The number of benzene rings is 1. The summed E-state index contributed by atoms with van der Waals surface area (Å²) < 4.78 is 77.1. The van der Waals surface area contributed by atoms with Gasteiger partial charge in [0, 0.05) is 23.5 Å². The van der Waals surface area contributed by atoms with Crippen LogP contribution in [0.1, 0.15) is 21.5 Å².